The van der Waals surface area contributed by atoms with Gasteiger partial charge in [-0.05, 0) is 48.8 Å². The van der Waals surface area contributed by atoms with Crippen LogP contribution in [0.15, 0.2) is 41.8 Å². The molecule has 3 rings (SSSR count). The maximum atomic E-state index is 3.77. The van der Waals surface area contributed by atoms with Crippen LogP contribution in [0.4, 0.5) is 0 Å². The van der Waals surface area contributed by atoms with Crippen molar-refractivity contribution in [1.82, 2.24) is 5.32 Å². The van der Waals surface area contributed by atoms with E-state index < -0.39 is 0 Å². The van der Waals surface area contributed by atoms with Gasteiger partial charge in [-0.15, -0.1) is 11.3 Å². The topological polar surface area (TPSA) is 12.0 Å². The van der Waals surface area contributed by atoms with Crippen molar-refractivity contribution in [3.8, 4) is 0 Å². The summed E-state index contributed by atoms with van der Waals surface area (Å²) in [6, 6.07) is 14.3. The third-order valence-corrected chi connectivity index (χ3v) is 4.86. The third-order valence-electron chi connectivity index (χ3n) is 3.80. The monoisotopic (exact) mass is 257 g/mol. The van der Waals surface area contributed by atoms with Gasteiger partial charge in [0.2, 0.25) is 0 Å². The van der Waals surface area contributed by atoms with Crippen molar-refractivity contribution in [2.45, 2.75) is 38.3 Å². The minimum Gasteiger partial charge on any atom is -0.306 e. The third kappa shape index (κ3) is 2.50. The number of aryl methyl sites for hydroxylation is 1. The highest BCUT2D eigenvalue weighted by Gasteiger charge is 2.20. The molecule has 1 N–H and O–H groups in total. The van der Waals surface area contributed by atoms with E-state index >= 15 is 0 Å². The zero-order chi connectivity index (χ0) is 12.4. The first-order chi connectivity index (χ1) is 8.83. The molecule has 2 heteroatoms. The molecule has 1 unspecified atom stereocenters. The summed E-state index contributed by atoms with van der Waals surface area (Å²) in [7, 11) is 0. The van der Waals surface area contributed by atoms with Gasteiger partial charge in [0.05, 0.1) is 0 Å². The summed E-state index contributed by atoms with van der Waals surface area (Å²) in [5.41, 5.74) is 3.07. The molecule has 0 saturated heterocycles. The van der Waals surface area contributed by atoms with Crippen molar-refractivity contribution in [3.05, 3.63) is 57.8 Å². The zero-order valence-electron chi connectivity index (χ0n) is 10.7. The average molecular weight is 257 g/mol. The van der Waals surface area contributed by atoms with Gasteiger partial charge < -0.3 is 5.32 Å². The molecule has 0 fully saturated rings. The van der Waals surface area contributed by atoms with E-state index in [1.807, 2.05) is 11.3 Å². The van der Waals surface area contributed by atoms with Gasteiger partial charge in [0.1, 0.15) is 0 Å². The van der Waals surface area contributed by atoms with Gasteiger partial charge in [-0.3, -0.25) is 0 Å². The van der Waals surface area contributed by atoms with Crippen LogP contribution in [0.2, 0.25) is 0 Å². The van der Waals surface area contributed by atoms with E-state index in [4.69, 9.17) is 0 Å². The highest BCUT2D eigenvalue weighted by Crippen LogP contribution is 2.24. The van der Waals surface area contributed by atoms with E-state index in [1.165, 1.54) is 29.7 Å². The molecule has 0 saturated carbocycles. The number of benzene rings is 1. The van der Waals surface area contributed by atoms with E-state index in [1.54, 1.807) is 5.56 Å². The van der Waals surface area contributed by atoms with Crippen LogP contribution in [0.1, 0.15) is 35.4 Å². The maximum absolute atomic E-state index is 3.77. The maximum Gasteiger partial charge on any atom is 0.0388 e. The van der Waals surface area contributed by atoms with Gasteiger partial charge in [0, 0.05) is 17.0 Å². The first kappa shape index (κ1) is 11.9. The van der Waals surface area contributed by atoms with Gasteiger partial charge >= 0.3 is 0 Å². The minimum atomic E-state index is 0.472. The van der Waals surface area contributed by atoms with Crippen LogP contribution in [0.3, 0.4) is 0 Å². The van der Waals surface area contributed by atoms with Gasteiger partial charge in [-0.25, -0.2) is 0 Å². The van der Waals surface area contributed by atoms with Crippen LogP contribution in [-0.4, -0.2) is 6.04 Å². The van der Waals surface area contributed by atoms with E-state index in [2.05, 4.69) is 54.0 Å². The molecule has 1 aromatic heterocycles. The highest BCUT2D eigenvalue weighted by molar-refractivity contribution is 7.10. The Morgan fingerprint density at radius 1 is 1.17 bits per heavy atom. The summed E-state index contributed by atoms with van der Waals surface area (Å²) in [6.07, 6.45) is 3.64. The molecular weight excluding hydrogens is 238 g/mol. The quantitative estimate of drug-likeness (QED) is 0.877. The van der Waals surface area contributed by atoms with Gasteiger partial charge in [-0.1, -0.05) is 30.3 Å². The van der Waals surface area contributed by atoms with Gasteiger partial charge in [-0.2, -0.15) is 0 Å². The molecule has 0 radical (unpaired) electrons. The highest BCUT2D eigenvalue weighted by atomic mass is 32.1. The summed E-state index contributed by atoms with van der Waals surface area (Å²) >= 11 is 1.84. The Bertz CT molecular complexity index is 504. The lowest BCUT2D eigenvalue weighted by molar-refractivity contribution is 0.417. The normalized spacial score (nSPS) is 20.4. The molecule has 0 spiro atoms. The second kappa shape index (κ2) is 5.25. The number of hydrogen-bond acceptors (Lipinski definition) is 2. The van der Waals surface area contributed by atoms with Gasteiger partial charge in [0.25, 0.3) is 0 Å². The standard InChI is InChI=1S/C16H19NS/c1-12(16-7-4-10-18-16)17-15-9-8-13-5-2-3-6-14(13)11-15/h2-7,10,12,15,17H,8-9,11H2,1H3/t12-,15?/m1/s1. The van der Waals surface area contributed by atoms with E-state index in [-0.39, 0.29) is 0 Å². The fourth-order valence-corrected chi connectivity index (χ4v) is 3.56. The van der Waals surface area contributed by atoms with Crippen LogP contribution < -0.4 is 5.32 Å². The first-order valence-corrected chi connectivity index (χ1v) is 7.57. The molecule has 1 aromatic carbocycles. The molecule has 0 aliphatic heterocycles. The molecule has 0 bridgehead atoms. The SMILES string of the molecule is C[C@@H](NC1CCc2ccccc2C1)c1cccs1. The molecule has 1 aliphatic rings. The first-order valence-electron chi connectivity index (χ1n) is 6.69. The Morgan fingerprint density at radius 3 is 2.78 bits per heavy atom. The minimum absolute atomic E-state index is 0.472. The Hall–Kier alpha value is -1.12. The van der Waals surface area contributed by atoms with Crippen LogP contribution in [0.5, 0.6) is 0 Å². The lowest BCUT2D eigenvalue weighted by Crippen LogP contribution is -2.36. The Labute approximate surface area is 113 Å². The fraction of sp³-hybridized carbons (Fsp3) is 0.375. The molecule has 1 aliphatic carbocycles. The molecule has 1 nitrogen and oxygen atoms in total. The Kier molecular flexibility index (Phi) is 3.48. The number of thiophene rings is 1. The second-order valence-electron chi connectivity index (χ2n) is 5.11. The van der Waals surface area contributed by atoms with Crippen molar-refractivity contribution in [2.24, 2.45) is 0 Å². The number of hydrogen-bond donors (Lipinski definition) is 1. The molecule has 2 atom stereocenters. The van der Waals surface area contributed by atoms with E-state index in [0.717, 1.165) is 0 Å². The largest absolute Gasteiger partial charge is 0.306 e. The van der Waals surface area contributed by atoms with Crippen LogP contribution >= 0.6 is 11.3 Å². The molecule has 0 amide bonds. The molecule has 2 aromatic rings. The van der Waals surface area contributed by atoms with Crippen molar-refractivity contribution in [1.29, 1.82) is 0 Å². The summed E-state index contributed by atoms with van der Waals surface area (Å²) in [5, 5.41) is 5.93. The van der Waals surface area contributed by atoms with Crippen LogP contribution in [-0.2, 0) is 12.8 Å². The molecular formula is C16H19NS. The number of rotatable bonds is 3. The molecule has 94 valence electrons. The smallest absolute Gasteiger partial charge is 0.0388 e. The van der Waals surface area contributed by atoms with Crippen molar-refractivity contribution < 1.29 is 0 Å². The predicted octanol–water partition coefficient (Wildman–Crippen LogP) is 3.96. The number of nitrogens with one attached hydrogen (secondary N) is 1. The van der Waals surface area contributed by atoms with Crippen molar-refractivity contribution >= 4 is 11.3 Å². The second-order valence-corrected chi connectivity index (χ2v) is 6.09. The summed E-state index contributed by atoms with van der Waals surface area (Å²) in [4.78, 5) is 1.44. The van der Waals surface area contributed by atoms with E-state index in [9.17, 15) is 0 Å². The zero-order valence-corrected chi connectivity index (χ0v) is 11.5. The lowest BCUT2D eigenvalue weighted by Gasteiger charge is -2.28. The number of fused-ring (bicyclic) bond motifs is 1. The summed E-state index contributed by atoms with van der Waals surface area (Å²) in [5.74, 6) is 0. The summed E-state index contributed by atoms with van der Waals surface area (Å²) in [6.45, 7) is 2.27. The van der Waals surface area contributed by atoms with Crippen LogP contribution in [0.25, 0.3) is 0 Å². The van der Waals surface area contributed by atoms with Crippen LogP contribution in [0, 0.1) is 0 Å². The predicted molar refractivity (Wildman–Crippen MR) is 78.1 cm³/mol. The Morgan fingerprint density at radius 2 is 2.00 bits per heavy atom. The average Bonchev–Trinajstić information content (AvgIpc) is 2.92. The van der Waals surface area contributed by atoms with Gasteiger partial charge in [0.15, 0.2) is 0 Å². The molecule has 1 heterocycles. The van der Waals surface area contributed by atoms with E-state index in [0.29, 0.717) is 12.1 Å². The molecule has 18 heavy (non-hydrogen) atoms. The fourth-order valence-electron chi connectivity index (χ4n) is 2.81. The van der Waals surface area contributed by atoms with Crippen molar-refractivity contribution in [3.63, 3.8) is 0 Å². The lowest BCUT2D eigenvalue weighted by atomic mass is 9.88. The Balaban J connectivity index is 1.66. The van der Waals surface area contributed by atoms with Crippen molar-refractivity contribution in [2.75, 3.05) is 0 Å². The summed E-state index contributed by atoms with van der Waals surface area (Å²) < 4.78 is 0.